The van der Waals surface area contributed by atoms with Crippen LogP contribution in [0.4, 0.5) is 0 Å². The molecule has 1 aromatic rings. The Morgan fingerprint density at radius 2 is 2.12 bits per heavy atom. The van der Waals surface area contributed by atoms with Crippen LogP contribution in [0.1, 0.15) is 37.2 Å². The second kappa shape index (κ2) is 7.02. The maximum Gasteiger partial charge on any atom is 0.311 e. The van der Waals surface area contributed by atoms with Crippen molar-refractivity contribution in [3.05, 3.63) is 17.0 Å². The molecule has 1 amide bonds. The molecule has 1 N–H and O–H groups in total. The molecule has 0 radical (unpaired) electrons. The minimum Gasteiger partial charge on any atom is -0.481 e. The van der Waals surface area contributed by atoms with Gasteiger partial charge in [0.15, 0.2) is 0 Å². The molecule has 144 valence electrons. The summed E-state index contributed by atoms with van der Waals surface area (Å²) in [5.41, 5.74) is 2.02. The molecule has 3 heterocycles. The Morgan fingerprint density at radius 3 is 2.73 bits per heavy atom. The molecule has 0 saturated carbocycles. The predicted molar refractivity (Wildman–Crippen MR) is 95.8 cm³/mol. The Bertz CT molecular complexity index is 712. The monoisotopic (exact) mass is 363 g/mol. The summed E-state index contributed by atoms with van der Waals surface area (Å²) in [7, 11) is 0. The van der Waals surface area contributed by atoms with Crippen molar-refractivity contribution in [2.75, 3.05) is 26.3 Å². The van der Waals surface area contributed by atoms with Gasteiger partial charge in [-0.3, -0.25) is 14.3 Å². The average Bonchev–Trinajstić information content (AvgIpc) is 3.09. The zero-order valence-electron chi connectivity index (χ0n) is 16.1. The standard InChI is InChI=1S/C19H29N3O4/c1-12(2)8-22-14(4)16(13(3)20-22)7-17(23)21-9-15-10-26-6-5-19(15,11-21)18(24)25/h12,15H,5-11H2,1-4H3,(H,24,25)/t15-,19+/m0/s1. The van der Waals surface area contributed by atoms with Gasteiger partial charge in [0.1, 0.15) is 0 Å². The number of carboxylic acid groups (broad SMARTS) is 1. The molecule has 0 spiro atoms. The van der Waals surface area contributed by atoms with Gasteiger partial charge in [0.2, 0.25) is 5.91 Å². The van der Waals surface area contributed by atoms with Gasteiger partial charge in [0, 0.05) is 43.4 Å². The Labute approximate surface area is 154 Å². The molecule has 0 bridgehead atoms. The number of fused-ring (bicyclic) bond motifs is 1. The van der Waals surface area contributed by atoms with Gasteiger partial charge in [-0.2, -0.15) is 5.10 Å². The molecule has 0 aromatic carbocycles. The lowest BCUT2D eigenvalue weighted by Crippen LogP contribution is -2.45. The van der Waals surface area contributed by atoms with Gasteiger partial charge in [-0.25, -0.2) is 0 Å². The maximum atomic E-state index is 12.9. The fourth-order valence-corrected chi connectivity index (χ4v) is 4.27. The van der Waals surface area contributed by atoms with Gasteiger partial charge in [-0.15, -0.1) is 0 Å². The molecule has 7 heteroatoms. The number of aryl methyl sites for hydroxylation is 1. The van der Waals surface area contributed by atoms with E-state index in [1.165, 1.54) is 0 Å². The average molecular weight is 363 g/mol. The number of aliphatic carboxylic acids is 1. The van der Waals surface area contributed by atoms with Gasteiger partial charge < -0.3 is 14.7 Å². The Morgan fingerprint density at radius 1 is 1.38 bits per heavy atom. The zero-order chi connectivity index (χ0) is 19.1. The number of nitrogens with zero attached hydrogens (tertiary/aromatic N) is 3. The molecule has 1 aromatic heterocycles. The van der Waals surface area contributed by atoms with E-state index in [-0.39, 0.29) is 24.8 Å². The van der Waals surface area contributed by atoms with Gasteiger partial charge in [-0.05, 0) is 26.2 Å². The second-order valence-corrected chi connectivity index (χ2v) is 8.16. The minimum absolute atomic E-state index is 0.0182. The van der Waals surface area contributed by atoms with Crippen LogP contribution in [-0.4, -0.2) is 58.0 Å². The van der Waals surface area contributed by atoms with Crippen molar-refractivity contribution in [3.63, 3.8) is 0 Å². The van der Waals surface area contributed by atoms with Gasteiger partial charge >= 0.3 is 5.97 Å². The normalized spacial score (nSPS) is 25.6. The molecule has 2 saturated heterocycles. The van der Waals surface area contributed by atoms with Gasteiger partial charge in [0.25, 0.3) is 0 Å². The van der Waals surface area contributed by atoms with Crippen LogP contribution < -0.4 is 0 Å². The molecule has 2 aliphatic rings. The summed E-state index contributed by atoms with van der Waals surface area (Å²) >= 11 is 0. The predicted octanol–water partition coefficient (Wildman–Crippen LogP) is 1.65. The summed E-state index contributed by atoms with van der Waals surface area (Å²) in [4.78, 5) is 26.5. The number of hydrogen-bond donors (Lipinski definition) is 1. The maximum absolute atomic E-state index is 12.9. The Kier molecular flexibility index (Phi) is 5.10. The van der Waals surface area contributed by atoms with Crippen molar-refractivity contribution in [2.24, 2.45) is 17.3 Å². The van der Waals surface area contributed by atoms with Crippen LogP contribution in [0, 0.1) is 31.1 Å². The summed E-state index contributed by atoms with van der Waals surface area (Å²) in [6.07, 6.45) is 0.750. The highest BCUT2D eigenvalue weighted by Gasteiger charge is 2.54. The summed E-state index contributed by atoms with van der Waals surface area (Å²) in [5, 5.41) is 14.3. The van der Waals surface area contributed by atoms with Crippen LogP contribution in [0.2, 0.25) is 0 Å². The minimum atomic E-state index is -0.847. The molecule has 26 heavy (non-hydrogen) atoms. The first-order valence-electron chi connectivity index (χ1n) is 9.36. The van der Waals surface area contributed by atoms with E-state index in [4.69, 9.17) is 4.74 Å². The summed E-state index contributed by atoms with van der Waals surface area (Å²) < 4.78 is 7.44. The first-order valence-corrected chi connectivity index (χ1v) is 9.36. The van der Waals surface area contributed by atoms with E-state index in [0.717, 1.165) is 23.5 Å². The Balaban J connectivity index is 1.75. The van der Waals surface area contributed by atoms with Crippen LogP contribution in [0.25, 0.3) is 0 Å². The molecule has 3 rings (SSSR count). The van der Waals surface area contributed by atoms with E-state index < -0.39 is 11.4 Å². The third-order valence-corrected chi connectivity index (χ3v) is 5.88. The molecule has 2 aliphatic heterocycles. The van der Waals surface area contributed by atoms with Crippen LogP contribution in [0.3, 0.4) is 0 Å². The van der Waals surface area contributed by atoms with Crippen molar-refractivity contribution >= 4 is 11.9 Å². The lowest BCUT2D eigenvalue weighted by molar-refractivity contribution is -0.157. The largest absolute Gasteiger partial charge is 0.481 e. The first-order chi connectivity index (χ1) is 12.2. The van der Waals surface area contributed by atoms with Crippen molar-refractivity contribution in [1.82, 2.24) is 14.7 Å². The van der Waals surface area contributed by atoms with Crippen molar-refractivity contribution in [1.29, 1.82) is 0 Å². The highest BCUT2D eigenvalue weighted by atomic mass is 16.5. The van der Waals surface area contributed by atoms with E-state index in [0.29, 0.717) is 32.1 Å². The number of rotatable bonds is 5. The fraction of sp³-hybridized carbons (Fsp3) is 0.737. The first kappa shape index (κ1) is 18.9. The summed E-state index contributed by atoms with van der Waals surface area (Å²) in [6, 6.07) is 0. The number of likely N-dealkylation sites (tertiary alicyclic amines) is 1. The number of carbonyl (C=O) groups is 2. The van der Waals surface area contributed by atoms with Crippen LogP contribution in [-0.2, 0) is 27.3 Å². The molecule has 0 unspecified atom stereocenters. The lowest BCUT2D eigenvalue weighted by atomic mass is 9.74. The van der Waals surface area contributed by atoms with E-state index in [1.54, 1.807) is 4.90 Å². The third kappa shape index (κ3) is 3.24. The zero-order valence-corrected chi connectivity index (χ0v) is 16.1. The summed E-state index contributed by atoms with van der Waals surface area (Å²) in [6.45, 7) is 10.7. The molecular formula is C19H29N3O4. The number of aromatic nitrogens is 2. The van der Waals surface area contributed by atoms with E-state index in [9.17, 15) is 14.7 Å². The van der Waals surface area contributed by atoms with E-state index in [1.807, 2.05) is 18.5 Å². The second-order valence-electron chi connectivity index (χ2n) is 8.16. The molecule has 0 aliphatic carbocycles. The molecular weight excluding hydrogens is 334 g/mol. The highest BCUT2D eigenvalue weighted by molar-refractivity contribution is 5.83. The van der Waals surface area contributed by atoms with Crippen molar-refractivity contribution in [2.45, 2.75) is 47.1 Å². The highest BCUT2D eigenvalue weighted by Crippen LogP contribution is 2.42. The Hall–Kier alpha value is -1.89. The molecule has 2 atom stereocenters. The fourth-order valence-electron chi connectivity index (χ4n) is 4.27. The molecule has 7 nitrogen and oxygen atoms in total. The van der Waals surface area contributed by atoms with Crippen molar-refractivity contribution < 1.29 is 19.4 Å². The number of amides is 1. The smallest absolute Gasteiger partial charge is 0.311 e. The number of ether oxygens (including phenoxy) is 1. The number of carbonyl (C=O) groups excluding carboxylic acids is 1. The topological polar surface area (TPSA) is 84.7 Å². The van der Waals surface area contributed by atoms with Gasteiger partial charge in [-0.1, -0.05) is 13.8 Å². The van der Waals surface area contributed by atoms with Crippen LogP contribution in [0.15, 0.2) is 0 Å². The third-order valence-electron chi connectivity index (χ3n) is 5.88. The van der Waals surface area contributed by atoms with E-state index in [2.05, 4.69) is 18.9 Å². The van der Waals surface area contributed by atoms with Gasteiger partial charge in [0.05, 0.1) is 24.1 Å². The number of hydrogen-bond acceptors (Lipinski definition) is 4. The van der Waals surface area contributed by atoms with Crippen LogP contribution in [0.5, 0.6) is 0 Å². The lowest BCUT2D eigenvalue weighted by Gasteiger charge is -2.33. The quantitative estimate of drug-likeness (QED) is 0.860. The molecule has 2 fully saturated rings. The number of carboxylic acids is 1. The van der Waals surface area contributed by atoms with E-state index >= 15 is 0 Å². The SMILES string of the molecule is Cc1nn(CC(C)C)c(C)c1CC(=O)N1C[C@H]2COCC[C@@]2(C(=O)O)C1. The van der Waals surface area contributed by atoms with Crippen LogP contribution >= 0.6 is 0 Å². The van der Waals surface area contributed by atoms with Crippen molar-refractivity contribution in [3.8, 4) is 0 Å². The summed E-state index contributed by atoms with van der Waals surface area (Å²) in [5.74, 6) is -0.467.